The average molecular weight is 344 g/mol. The van der Waals surface area contributed by atoms with Gasteiger partial charge >= 0.3 is 5.97 Å². The van der Waals surface area contributed by atoms with E-state index in [2.05, 4.69) is 6.58 Å². The van der Waals surface area contributed by atoms with Crippen LogP contribution in [-0.2, 0) is 11.4 Å². The molecule has 0 amide bonds. The summed E-state index contributed by atoms with van der Waals surface area (Å²) in [5, 5.41) is 27.0. The van der Waals surface area contributed by atoms with Gasteiger partial charge in [0.1, 0.15) is 11.5 Å². The first-order chi connectivity index (χ1) is 11.8. The molecule has 2 rings (SSSR count). The van der Waals surface area contributed by atoms with Crippen LogP contribution in [0, 0.1) is 0 Å². The van der Waals surface area contributed by atoms with Gasteiger partial charge in [-0.15, -0.1) is 0 Å². The second-order valence-electron chi connectivity index (χ2n) is 5.12. The third kappa shape index (κ3) is 5.47. The summed E-state index contributed by atoms with van der Waals surface area (Å²) in [6.45, 7) is 4.34. The number of carboxylic acids is 1. The summed E-state index contributed by atoms with van der Waals surface area (Å²) >= 11 is 0. The molecule has 0 aliphatic carbocycles. The number of aliphatic hydroxyl groups is 1. The number of methoxy groups -OCH3 is 1. The van der Waals surface area contributed by atoms with Crippen LogP contribution in [0.2, 0.25) is 0 Å². The minimum atomic E-state index is -0.935. The number of benzene rings is 2. The van der Waals surface area contributed by atoms with Gasteiger partial charge < -0.3 is 20.1 Å². The smallest absolute Gasteiger partial charge is 0.330 e. The van der Waals surface area contributed by atoms with E-state index in [1.165, 1.54) is 26.2 Å². The Kier molecular flexibility index (Phi) is 7.37. The molecule has 2 aromatic carbocycles. The highest BCUT2D eigenvalue weighted by molar-refractivity contribution is 6.10. The number of ether oxygens (including phenoxy) is 1. The summed E-state index contributed by atoms with van der Waals surface area (Å²) in [7, 11) is 1.44. The van der Waals surface area contributed by atoms with Crippen molar-refractivity contribution >= 4 is 11.8 Å². The molecular formula is C19H20O6. The van der Waals surface area contributed by atoms with Crippen molar-refractivity contribution in [3.05, 3.63) is 71.3 Å². The lowest BCUT2D eigenvalue weighted by atomic mass is 10.00. The van der Waals surface area contributed by atoms with Crippen molar-refractivity contribution in [2.75, 3.05) is 7.11 Å². The van der Waals surface area contributed by atoms with Gasteiger partial charge in [0.05, 0.1) is 19.3 Å². The second kappa shape index (κ2) is 9.24. The molecular weight excluding hydrogens is 324 g/mol. The summed E-state index contributed by atoms with van der Waals surface area (Å²) in [6, 6.07) is 11.4. The minimum absolute atomic E-state index is 0.149. The van der Waals surface area contributed by atoms with E-state index >= 15 is 0 Å². The van der Waals surface area contributed by atoms with Crippen LogP contribution >= 0.6 is 0 Å². The van der Waals surface area contributed by atoms with Crippen molar-refractivity contribution in [3.8, 4) is 11.5 Å². The molecule has 0 heterocycles. The number of hydrogen-bond acceptors (Lipinski definition) is 5. The quantitative estimate of drug-likeness (QED) is 0.569. The molecule has 0 bridgehead atoms. The fraction of sp³-hybridized carbons (Fsp3) is 0.158. The molecule has 25 heavy (non-hydrogen) atoms. The van der Waals surface area contributed by atoms with Crippen molar-refractivity contribution in [1.29, 1.82) is 0 Å². The van der Waals surface area contributed by atoms with Crippen molar-refractivity contribution in [3.63, 3.8) is 0 Å². The number of phenols is 1. The van der Waals surface area contributed by atoms with Crippen LogP contribution in [0.25, 0.3) is 0 Å². The molecule has 0 atom stereocenters. The zero-order chi connectivity index (χ0) is 19.0. The molecule has 0 unspecified atom stereocenters. The number of aliphatic hydroxyl groups excluding tert-OH is 1. The van der Waals surface area contributed by atoms with Gasteiger partial charge in [0.15, 0.2) is 5.78 Å². The number of rotatable bonds is 5. The molecule has 132 valence electrons. The SMILES string of the molecule is C=C(C)C(=O)O.COc1cc(O)c(C(=O)c2ccccc2)cc1CO. The number of phenolic OH excluding ortho intramolecular Hbond substituents is 1. The normalized spacial score (nSPS) is 9.56. The van der Waals surface area contributed by atoms with Crippen molar-refractivity contribution in [2.45, 2.75) is 13.5 Å². The second-order valence-corrected chi connectivity index (χ2v) is 5.12. The Morgan fingerprint density at radius 1 is 1.16 bits per heavy atom. The summed E-state index contributed by atoms with van der Waals surface area (Å²) in [5.41, 5.74) is 1.26. The van der Waals surface area contributed by atoms with Crippen molar-refractivity contribution in [2.24, 2.45) is 0 Å². The third-order valence-electron chi connectivity index (χ3n) is 3.21. The highest BCUT2D eigenvalue weighted by Crippen LogP contribution is 2.29. The summed E-state index contributed by atoms with van der Waals surface area (Å²) in [5.74, 6) is -1.04. The first-order valence-corrected chi connectivity index (χ1v) is 7.31. The number of aliphatic carboxylic acids is 1. The van der Waals surface area contributed by atoms with Crippen LogP contribution in [0.1, 0.15) is 28.4 Å². The van der Waals surface area contributed by atoms with Gasteiger partial charge in [0.25, 0.3) is 0 Å². The summed E-state index contributed by atoms with van der Waals surface area (Å²) in [6.07, 6.45) is 0. The van der Waals surface area contributed by atoms with Crippen LogP contribution < -0.4 is 4.74 Å². The Morgan fingerprint density at radius 2 is 1.72 bits per heavy atom. The Bertz CT molecular complexity index is 753. The highest BCUT2D eigenvalue weighted by Gasteiger charge is 2.16. The maximum atomic E-state index is 12.3. The summed E-state index contributed by atoms with van der Waals surface area (Å²) < 4.78 is 5.03. The van der Waals surface area contributed by atoms with Crippen LogP contribution in [0.5, 0.6) is 11.5 Å². The lowest BCUT2D eigenvalue weighted by molar-refractivity contribution is -0.132. The largest absolute Gasteiger partial charge is 0.507 e. The van der Waals surface area contributed by atoms with Gasteiger partial charge in [0, 0.05) is 22.8 Å². The molecule has 6 nitrogen and oxygen atoms in total. The maximum absolute atomic E-state index is 12.3. The van der Waals surface area contributed by atoms with Gasteiger partial charge in [-0.05, 0) is 13.0 Å². The molecule has 3 N–H and O–H groups in total. The highest BCUT2D eigenvalue weighted by atomic mass is 16.5. The molecule has 0 radical (unpaired) electrons. The Morgan fingerprint density at radius 3 is 2.16 bits per heavy atom. The van der Waals surface area contributed by atoms with E-state index in [1.54, 1.807) is 24.3 Å². The van der Waals surface area contributed by atoms with Gasteiger partial charge in [-0.25, -0.2) is 4.79 Å². The van der Waals surface area contributed by atoms with E-state index in [4.69, 9.17) is 9.84 Å². The zero-order valence-electron chi connectivity index (χ0n) is 14.0. The Balaban J connectivity index is 0.000000450. The third-order valence-corrected chi connectivity index (χ3v) is 3.21. The Labute approximate surface area is 145 Å². The van der Waals surface area contributed by atoms with Gasteiger partial charge in [-0.2, -0.15) is 0 Å². The van der Waals surface area contributed by atoms with Crippen LogP contribution in [0.4, 0.5) is 0 Å². The molecule has 6 heteroatoms. The number of hydrogen-bond donors (Lipinski definition) is 3. The van der Waals surface area contributed by atoms with Crippen LogP contribution in [0.3, 0.4) is 0 Å². The number of ketones is 1. The predicted molar refractivity (Wildman–Crippen MR) is 92.9 cm³/mol. The molecule has 0 aromatic heterocycles. The van der Waals surface area contributed by atoms with E-state index in [-0.39, 0.29) is 29.3 Å². The first-order valence-electron chi connectivity index (χ1n) is 7.31. The van der Waals surface area contributed by atoms with E-state index < -0.39 is 5.97 Å². The van der Waals surface area contributed by atoms with Crippen molar-refractivity contribution in [1.82, 2.24) is 0 Å². The molecule has 0 aliphatic heterocycles. The lowest BCUT2D eigenvalue weighted by Gasteiger charge is -2.10. The van der Waals surface area contributed by atoms with Gasteiger partial charge in [-0.1, -0.05) is 36.9 Å². The fourth-order valence-corrected chi connectivity index (χ4v) is 1.85. The van der Waals surface area contributed by atoms with Crippen molar-refractivity contribution < 1.29 is 29.6 Å². The van der Waals surface area contributed by atoms with E-state index in [1.807, 2.05) is 6.07 Å². The minimum Gasteiger partial charge on any atom is -0.507 e. The molecule has 0 spiro atoms. The van der Waals surface area contributed by atoms with Gasteiger partial charge in [-0.3, -0.25) is 4.79 Å². The topological polar surface area (TPSA) is 104 Å². The molecule has 0 saturated carbocycles. The average Bonchev–Trinajstić information content (AvgIpc) is 2.62. The molecule has 0 fully saturated rings. The number of carboxylic acid groups (broad SMARTS) is 1. The van der Waals surface area contributed by atoms with Crippen LogP contribution in [0.15, 0.2) is 54.6 Å². The molecule has 2 aromatic rings. The number of carbonyl (C=O) groups is 2. The summed E-state index contributed by atoms with van der Waals surface area (Å²) in [4.78, 5) is 21.9. The van der Waals surface area contributed by atoms with Gasteiger partial charge in [0.2, 0.25) is 0 Å². The standard InChI is InChI=1S/C15H14O4.C4H6O2/c1-19-14-8-13(17)12(7-11(14)9-16)15(18)10-5-3-2-4-6-10;1-3(2)4(5)6/h2-8,16-17H,9H2,1H3;1H2,2H3,(H,5,6). The lowest BCUT2D eigenvalue weighted by Crippen LogP contribution is -2.04. The molecule has 0 saturated heterocycles. The number of carbonyl (C=O) groups excluding carboxylic acids is 1. The van der Waals surface area contributed by atoms with Crippen LogP contribution in [-0.4, -0.2) is 34.2 Å². The first kappa shape index (κ1) is 19.9. The fourth-order valence-electron chi connectivity index (χ4n) is 1.85. The maximum Gasteiger partial charge on any atom is 0.330 e. The Hall–Kier alpha value is -3.12. The molecule has 0 aliphatic rings. The van der Waals surface area contributed by atoms with E-state index in [0.717, 1.165) is 0 Å². The number of aromatic hydroxyl groups is 1. The monoisotopic (exact) mass is 344 g/mol. The predicted octanol–water partition coefficient (Wildman–Crippen LogP) is 2.77. The van der Waals surface area contributed by atoms with E-state index in [0.29, 0.717) is 16.9 Å². The van der Waals surface area contributed by atoms with E-state index in [9.17, 15) is 19.8 Å². The zero-order valence-corrected chi connectivity index (χ0v) is 14.0.